The van der Waals surface area contributed by atoms with Crippen LogP contribution < -0.4 is 9.64 Å². The first-order valence-electron chi connectivity index (χ1n) is 17.0. The number of fused-ring (bicyclic) bond motifs is 5. The number of carbonyl (C=O) groups excluding carboxylic acids is 1. The van der Waals surface area contributed by atoms with E-state index >= 15 is 4.39 Å². The van der Waals surface area contributed by atoms with Crippen LogP contribution in [0.25, 0.3) is 22.0 Å². The van der Waals surface area contributed by atoms with Crippen LogP contribution in [0.4, 0.5) is 18.9 Å². The van der Waals surface area contributed by atoms with Crippen molar-refractivity contribution in [2.75, 3.05) is 31.1 Å². The lowest BCUT2D eigenvalue weighted by atomic mass is 9.81. The zero-order valence-electron chi connectivity index (χ0n) is 26.7. The van der Waals surface area contributed by atoms with E-state index in [-0.39, 0.29) is 61.0 Å². The molecule has 1 amide bonds. The first kappa shape index (κ1) is 30.7. The molecule has 3 saturated carbocycles. The highest BCUT2D eigenvalue weighted by molar-refractivity contribution is 5.99. The number of alkyl halides is 1. The summed E-state index contributed by atoms with van der Waals surface area (Å²) in [5, 5.41) is 20.6. The summed E-state index contributed by atoms with van der Waals surface area (Å²) in [6, 6.07) is 13.2. The Morgan fingerprint density at radius 1 is 1.17 bits per heavy atom. The first-order valence-corrected chi connectivity index (χ1v) is 17.0. The molecule has 4 unspecified atom stereocenters. The Morgan fingerprint density at radius 3 is 2.81 bits per heavy atom. The molecule has 3 aromatic rings. The smallest absolute Gasteiger partial charge is 0.282 e. The molecule has 1 saturated heterocycles. The second kappa shape index (κ2) is 11.5. The number of halogens is 3. The predicted molar refractivity (Wildman–Crippen MR) is 174 cm³/mol. The number of aromatic nitrogens is 1. The van der Waals surface area contributed by atoms with Gasteiger partial charge in [-0.3, -0.25) is 4.79 Å². The molecule has 2 aromatic carbocycles. The Kier molecular flexibility index (Phi) is 7.39. The number of rotatable bonds is 7. The number of benzene rings is 2. The highest BCUT2D eigenvalue weighted by Crippen LogP contribution is 2.59. The van der Waals surface area contributed by atoms with Crippen LogP contribution in [0.3, 0.4) is 0 Å². The number of hydrogen-bond donors (Lipinski definition) is 0. The van der Waals surface area contributed by atoms with Crippen LogP contribution in [-0.4, -0.2) is 54.2 Å². The highest BCUT2D eigenvalue weighted by Gasteiger charge is 2.51. The number of amides is 1. The normalized spacial score (nSPS) is 28.4. The fraction of sp³-hybridized carbons (Fsp3) is 0.474. The summed E-state index contributed by atoms with van der Waals surface area (Å²) in [5.74, 6) is -1.26. The maximum atomic E-state index is 17.0. The van der Waals surface area contributed by atoms with Gasteiger partial charge in [0.15, 0.2) is 11.6 Å². The molecule has 0 radical (unpaired) electrons. The topological polar surface area (TPSA) is 93.2 Å². The average Bonchev–Trinajstić information content (AvgIpc) is 3.40. The third kappa shape index (κ3) is 4.83. The van der Waals surface area contributed by atoms with Gasteiger partial charge in [-0.05, 0) is 79.0 Å². The van der Waals surface area contributed by atoms with E-state index in [1.54, 1.807) is 12.1 Å². The lowest BCUT2D eigenvalue weighted by Crippen LogP contribution is -2.55. The fourth-order valence-corrected chi connectivity index (χ4v) is 9.48. The third-order valence-electron chi connectivity index (χ3n) is 11.8. The Balaban J connectivity index is 1.25. The molecule has 0 bridgehead atoms. The molecular formula is C38H36F3N5O2. The van der Waals surface area contributed by atoms with Gasteiger partial charge in [-0.25, -0.2) is 18.2 Å². The zero-order valence-corrected chi connectivity index (χ0v) is 26.7. The van der Waals surface area contributed by atoms with E-state index in [4.69, 9.17) is 9.72 Å². The largest absolute Gasteiger partial charge is 0.476 e. The summed E-state index contributed by atoms with van der Waals surface area (Å²) in [6.07, 6.45) is 4.78. The highest BCUT2D eigenvalue weighted by atomic mass is 19.1. The SMILES string of the molecule is C=C(F)C(=O)N1CCN(c2c(C#N)c(OCC34CCCC3C[C@H](F)C4)nc3c(F)c(-c4cccc5c4C4CC4C5)ccc23)C[C@@H]1CC#N. The van der Waals surface area contributed by atoms with E-state index in [1.165, 1.54) is 16.0 Å². The Labute approximate surface area is 277 Å². The van der Waals surface area contributed by atoms with Crippen molar-refractivity contribution in [3.63, 3.8) is 0 Å². The van der Waals surface area contributed by atoms with Crippen molar-refractivity contribution in [3.8, 4) is 29.1 Å². The van der Waals surface area contributed by atoms with Crippen molar-refractivity contribution in [2.45, 2.75) is 69.5 Å². The van der Waals surface area contributed by atoms with Crippen LogP contribution in [0, 0.1) is 45.7 Å². The molecule has 2 heterocycles. The van der Waals surface area contributed by atoms with E-state index in [9.17, 15) is 24.1 Å². The molecule has 6 atom stereocenters. The van der Waals surface area contributed by atoms with Gasteiger partial charge in [-0.1, -0.05) is 37.3 Å². The van der Waals surface area contributed by atoms with Crippen molar-refractivity contribution < 1.29 is 22.7 Å². The van der Waals surface area contributed by atoms with Crippen LogP contribution in [0.15, 0.2) is 42.7 Å². The summed E-state index contributed by atoms with van der Waals surface area (Å²) < 4.78 is 51.9. The lowest BCUT2D eigenvalue weighted by molar-refractivity contribution is -0.131. The maximum absolute atomic E-state index is 17.0. The monoisotopic (exact) mass is 651 g/mol. The van der Waals surface area contributed by atoms with Gasteiger partial charge < -0.3 is 14.5 Å². The second-order valence-electron chi connectivity index (χ2n) is 14.4. The van der Waals surface area contributed by atoms with Crippen LogP contribution in [0.5, 0.6) is 5.88 Å². The number of nitrogens with zero attached hydrogens (tertiary/aromatic N) is 5. The molecule has 0 N–H and O–H groups in total. The van der Waals surface area contributed by atoms with E-state index in [0.717, 1.165) is 37.7 Å². The minimum atomic E-state index is -1.11. The zero-order chi connectivity index (χ0) is 33.3. The number of nitriles is 2. The van der Waals surface area contributed by atoms with Crippen LogP contribution >= 0.6 is 0 Å². The molecule has 8 rings (SSSR count). The van der Waals surface area contributed by atoms with E-state index in [1.807, 2.05) is 17.0 Å². The molecule has 48 heavy (non-hydrogen) atoms. The Hall–Kier alpha value is -4.57. The molecule has 246 valence electrons. The molecule has 4 fully saturated rings. The summed E-state index contributed by atoms with van der Waals surface area (Å²) in [6.45, 7) is 3.70. The summed E-state index contributed by atoms with van der Waals surface area (Å²) in [7, 11) is 0. The van der Waals surface area contributed by atoms with Gasteiger partial charge in [0, 0.05) is 36.0 Å². The number of carbonyl (C=O) groups is 1. The maximum Gasteiger partial charge on any atom is 0.282 e. The van der Waals surface area contributed by atoms with Gasteiger partial charge in [0.2, 0.25) is 5.88 Å². The summed E-state index contributed by atoms with van der Waals surface area (Å²) >= 11 is 0. The summed E-state index contributed by atoms with van der Waals surface area (Å²) in [4.78, 5) is 20.5. The van der Waals surface area contributed by atoms with Crippen LogP contribution in [0.2, 0.25) is 0 Å². The number of pyridine rings is 1. The third-order valence-corrected chi connectivity index (χ3v) is 11.8. The van der Waals surface area contributed by atoms with E-state index in [0.29, 0.717) is 41.3 Å². The van der Waals surface area contributed by atoms with Gasteiger partial charge in [-0.2, -0.15) is 10.5 Å². The molecule has 7 nitrogen and oxygen atoms in total. The van der Waals surface area contributed by atoms with Crippen LogP contribution in [-0.2, 0) is 11.2 Å². The number of anilines is 1. The van der Waals surface area contributed by atoms with Gasteiger partial charge in [0.1, 0.15) is 23.3 Å². The predicted octanol–water partition coefficient (Wildman–Crippen LogP) is 7.28. The molecule has 5 aliphatic rings. The standard InChI is InChI=1S/C38H36F3N5O2/c1-21(39)37(47)46-13-12-45(19-26(46)9-11-42)35-29-8-7-28(27-6-2-4-22-14-23-15-30(23)32(22)27)33(41)34(29)44-36(31(35)18-43)48-20-38-10-3-5-24(38)16-25(40)17-38/h2,4,6-8,23-26,30H,1,3,5,9-10,12-17,19-20H2/t23?,24?,25-,26-,30?,38?/m0/s1. The molecule has 1 aromatic heterocycles. The lowest BCUT2D eigenvalue weighted by Gasteiger charge is -2.42. The summed E-state index contributed by atoms with van der Waals surface area (Å²) in [5.41, 5.74) is 3.96. The molecule has 1 aliphatic heterocycles. The quantitative estimate of drug-likeness (QED) is 0.249. The van der Waals surface area contributed by atoms with Crippen molar-refractivity contribution in [1.82, 2.24) is 9.88 Å². The number of ether oxygens (including phenoxy) is 1. The van der Waals surface area contributed by atoms with Crippen molar-refractivity contribution in [1.29, 1.82) is 10.5 Å². The van der Waals surface area contributed by atoms with Crippen LogP contribution in [0.1, 0.15) is 67.6 Å². The van der Waals surface area contributed by atoms with Crippen molar-refractivity contribution in [3.05, 3.63) is 65.2 Å². The Bertz CT molecular complexity index is 1950. The minimum absolute atomic E-state index is 0.00796. The van der Waals surface area contributed by atoms with Gasteiger partial charge in [0.05, 0.1) is 30.8 Å². The van der Waals surface area contributed by atoms with Gasteiger partial charge in [-0.15, -0.1) is 0 Å². The van der Waals surface area contributed by atoms with E-state index in [2.05, 4.69) is 24.8 Å². The Morgan fingerprint density at radius 2 is 2.02 bits per heavy atom. The second-order valence-corrected chi connectivity index (χ2v) is 14.4. The minimum Gasteiger partial charge on any atom is -0.476 e. The van der Waals surface area contributed by atoms with Crippen molar-refractivity contribution >= 4 is 22.5 Å². The van der Waals surface area contributed by atoms with Crippen molar-refractivity contribution in [2.24, 2.45) is 17.3 Å². The van der Waals surface area contributed by atoms with Gasteiger partial charge in [0.25, 0.3) is 5.91 Å². The average molecular weight is 652 g/mol. The fourth-order valence-electron chi connectivity index (χ4n) is 9.48. The molecule has 4 aliphatic carbocycles. The number of hydrogen-bond acceptors (Lipinski definition) is 6. The molecular weight excluding hydrogens is 615 g/mol. The number of piperazine rings is 1. The van der Waals surface area contributed by atoms with Gasteiger partial charge >= 0.3 is 0 Å². The molecule has 10 heteroatoms. The van der Waals surface area contributed by atoms with E-state index < -0.39 is 29.8 Å². The molecule has 0 spiro atoms. The first-order chi connectivity index (χ1) is 23.2.